The Kier molecular flexibility index (Phi) is 4.77. The van der Waals surface area contributed by atoms with Gasteiger partial charge in [-0.1, -0.05) is 0 Å². The van der Waals surface area contributed by atoms with E-state index < -0.39 is 0 Å². The summed E-state index contributed by atoms with van der Waals surface area (Å²) >= 11 is 0. The Morgan fingerprint density at radius 3 is 2.57 bits per heavy atom. The van der Waals surface area contributed by atoms with Gasteiger partial charge in [0.15, 0.2) is 0 Å². The first-order valence-corrected chi connectivity index (χ1v) is 7.00. The van der Waals surface area contributed by atoms with Gasteiger partial charge in [0, 0.05) is 32.9 Å². The van der Waals surface area contributed by atoms with Crippen LogP contribution in [0.2, 0.25) is 0 Å². The number of benzene rings is 1. The maximum absolute atomic E-state index is 12.8. The summed E-state index contributed by atoms with van der Waals surface area (Å²) in [7, 11) is 3.40. The smallest absolute Gasteiger partial charge is 0.319 e. The van der Waals surface area contributed by atoms with E-state index in [2.05, 4.69) is 5.32 Å². The highest BCUT2D eigenvalue weighted by molar-refractivity contribution is 5.93. The number of hydrogen-bond donors (Lipinski definition) is 1. The number of carbonyl (C=O) groups is 2. The third-order valence-electron chi connectivity index (χ3n) is 3.56. The Labute approximate surface area is 123 Å². The number of nitrogens with zero attached hydrogens (tertiary/aromatic N) is 2. The van der Waals surface area contributed by atoms with Gasteiger partial charge in [-0.3, -0.25) is 4.79 Å². The van der Waals surface area contributed by atoms with Crippen molar-refractivity contribution < 1.29 is 14.0 Å². The molecular weight excluding hydrogens is 273 g/mol. The lowest BCUT2D eigenvalue weighted by Gasteiger charge is -2.33. The molecule has 1 aromatic rings. The van der Waals surface area contributed by atoms with Gasteiger partial charge in [0.2, 0.25) is 5.91 Å². The molecule has 0 aliphatic carbocycles. The third kappa shape index (κ3) is 3.93. The van der Waals surface area contributed by atoms with Crippen molar-refractivity contribution in [3.8, 4) is 0 Å². The lowest BCUT2D eigenvalue weighted by molar-refractivity contribution is -0.121. The van der Waals surface area contributed by atoms with Crippen molar-refractivity contribution in [3.63, 3.8) is 0 Å². The monoisotopic (exact) mass is 293 g/mol. The van der Waals surface area contributed by atoms with Gasteiger partial charge in [-0.2, -0.15) is 0 Å². The second-order valence-corrected chi connectivity index (χ2v) is 5.46. The van der Waals surface area contributed by atoms with E-state index in [0.717, 1.165) is 12.8 Å². The minimum atomic E-state index is -0.339. The lowest BCUT2D eigenvalue weighted by Crippen LogP contribution is -2.47. The number of hydrogen-bond acceptors (Lipinski definition) is 2. The van der Waals surface area contributed by atoms with E-state index >= 15 is 0 Å². The largest absolute Gasteiger partial charge is 0.331 e. The number of piperidine rings is 1. The molecule has 3 amide bonds. The Hall–Kier alpha value is -2.11. The van der Waals surface area contributed by atoms with Gasteiger partial charge in [-0.05, 0) is 37.1 Å². The topological polar surface area (TPSA) is 52.7 Å². The molecule has 0 unspecified atom stereocenters. The summed E-state index contributed by atoms with van der Waals surface area (Å²) in [4.78, 5) is 27.4. The normalized spacial score (nSPS) is 18.2. The zero-order chi connectivity index (χ0) is 15.4. The van der Waals surface area contributed by atoms with Gasteiger partial charge < -0.3 is 15.1 Å². The van der Waals surface area contributed by atoms with Crippen LogP contribution in [0, 0.1) is 11.7 Å². The van der Waals surface area contributed by atoms with E-state index in [4.69, 9.17) is 0 Å². The molecule has 0 radical (unpaired) electrons. The number of halogens is 1. The van der Waals surface area contributed by atoms with Gasteiger partial charge in [0.1, 0.15) is 5.82 Å². The molecule has 6 heteroatoms. The van der Waals surface area contributed by atoms with Gasteiger partial charge in [0.25, 0.3) is 0 Å². The minimum absolute atomic E-state index is 0.0747. The first kappa shape index (κ1) is 15.3. The highest BCUT2D eigenvalue weighted by Crippen LogP contribution is 2.19. The van der Waals surface area contributed by atoms with E-state index in [-0.39, 0.29) is 23.7 Å². The Bertz CT molecular complexity index is 516. The zero-order valence-electron chi connectivity index (χ0n) is 12.3. The molecule has 2 rings (SSSR count). The van der Waals surface area contributed by atoms with E-state index in [1.54, 1.807) is 19.0 Å². The summed E-state index contributed by atoms with van der Waals surface area (Å²) in [6.07, 6.45) is 1.56. The number of likely N-dealkylation sites (tertiary alicyclic amines) is 1. The molecule has 0 aromatic heterocycles. The molecule has 1 aliphatic rings. The maximum atomic E-state index is 12.8. The molecule has 0 bridgehead atoms. The molecule has 0 spiro atoms. The summed E-state index contributed by atoms with van der Waals surface area (Å²) in [5.41, 5.74) is 0.567. The fourth-order valence-electron chi connectivity index (χ4n) is 2.43. The van der Waals surface area contributed by atoms with Gasteiger partial charge in [-0.15, -0.1) is 0 Å². The first-order chi connectivity index (χ1) is 9.97. The maximum Gasteiger partial charge on any atom is 0.319 e. The summed E-state index contributed by atoms with van der Waals surface area (Å²) in [5.74, 6) is -0.695. The summed E-state index contributed by atoms with van der Waals surface area (Å²) in [5, 5.41) is 2.77. The number of carbonyl (C=O) groups excluding carboxylic acids is 2. The van der Waals surface area contributed by atoms with E-state index in [1.807, 2.05) is 0 Å². The van der Waals surface area contributed by atoms with E-state index in [0.29, 0.717) is 18.8 Å². The van der Waals surface area contributed by atoms with Crippen molar-refractivity contribution in [3.05, 3.63) is 30.1 Å². The molecule has 1 aliphatic heterocycles. The second-order valence-electron chi connectivity index (χ2n) is 5.46. The van der Waals surface area contributed by atoms with Gasteiger partial charge >= 0.3 is 6.03 Å². The molecular formula is C15H20FN3O2. The molecule has 5 nitrogen and oxygen atoms in total. The van der Waals surface area contributed by atoms with E-state index in [1.165, 1.54) is 29.2 Å². The predicted molar refractivity (Wildman–Crippen MR) is 78.4 cm³/mol. The molecule has 1 N–H and O–H groups in total. The Morgan fingerprint density at radius 1 is 1.29 bits per heavy atom. The van der Waals surface area contributed by atoms with Crippen molar-refractivity contribution in [1.82, 2.24) is 9.80 Å². The van der Waals surface area contributed by atoms with Crippen LogP contribution < -0.4 is 5.32 Å². The van der Waals surface area contributed by atoms with E-state index in [9.17, 15) is 14.0 Å². The van der Waals surface area contributed by atoms with Crippen molar-refractivity contribution in [2.45, 2.75) is 12.8 Å². The van der Waals surface area contributed by atoms with Crippen LogP contribution in [0.25, 0.3) is 0 Å². The van der Waals surface area contributed by atoms with Crippen LogP contribution >= 0.6 is 0 Å². The number of urea groups is 1. The van der Waals surface area contributed by atoms with Crippen LogP contribution in [0.1, 0.15) is 12.8 Å². The molecule has 1 aromatic carbocycles. The Balaban J connectivity index is 1.96. The fraction of sp³-hybridized carbons (Fsp3) is 0.467. The van der Waals surface area contributed by atoms with Crippen LogP contribution in [-0.2, 0) is 4.79 Å². The molecule has 1 atom stereocenters. The summed E-state index contributed by atoms with van der Waals surface area (Å²) in [6.45, 7) is 1.10. The molecule has 114 valence electrons. The highest BCUT2D eigenvalue weighted by Gasteiger charge is 2.29. The standard InChI is InChI=1S/C15H20FN3O2/c1-18(2)15(21)19-9-3-4-11(10-19)14(20)17-13-7-5-12(16)6-8-13/h5-8,11H,3-4,9-10H2,1-2H3,(H,17,20)/t11-/m1/s1. The van der Waals surface area contributed by atoms with Crippen LogP contribution in [0.15, 0.2) is 24.3 Å². The van der Waals surface area contributed by atoms with Crippen LogP contribution in [0.4, 0.5) is 14.9 Å². The third-order valence-corrected chi connectivity index (χ3v) is 3.56. The van der Waals surface area contributed by atoms with Crippen molar-refractivity contribution in [2.24, 2.45) is 5.92 Å². The average molecular weight is 293 g/mol. The van der Waals surface area contributed by atoms with Gasteiger partial charge in [0.05, 0.1) is 5.92 Å². The number of anilines is 1. The zero-order valence-corrected chi connectivity index (χ0v) is 12.3. The number of rotatable bonds is 2. The van der Waals surface area contributed by atoms with Crippen molar-refractivity contribution >= 4 is 17.6 Å². The second kappa shape index (κ2) is 6.56. The molecule has 1 heterocycles. The Morgan fingerprint density at radius 2 is 1.95 bits per heavy atom. The number of amides is 3. The lowest BCUT2D eigenvalue weighted by atomic mass is 9.97. The van der Waals surface area contributed by atoms with Crippen LogP contribution in [-0.4, -0.2) is 48.9 Å². The van der Waals surface area contributed by atoms with Crippen LogP contribution in [0.3, 0.4) is 0 Å². The molecule has 1 saturated heterocycles. The minimum Gasteiger partial charge on any atom is -0.331 e. The fourth-order valence-corrected chi connectivity index (χ4v) is 2.43. The SMILES string of the molecule is CN(C)C(=O)N1CCC[C@@H](C(=O)Nc2ccc(F)cc2)C1. The molecule has 0 saturated carbocycles. The van der Waals surface area contributed by atoms with Crippen molar-refractivity contribution in [1.29, 1.82) is 0 Å². The van der Waals surface area contributed by atoms with Crippen molar-refractivity contribution in [2.75, 3.05) is 32.5 Å². The predicted octanol–water partition coefficient (Wildman–Crippen LogP) is 2.16. The van der Waals surface area contributed by atoms with Gasteiger partial charge in [-0.25, -0.2) is 9.18 Å². The molecule has 21 heavy (non-hydrogen) atoms. The highest BCUT2D eigenvalue weighted by atomic mass is 19.1. The quantitative estimate of drug-likeness (QED) is 0.908. The summed E-state index contributed by atoms with van der Waals surface area (Å²) < 4.78 is 12.8. The molecule has 1 fully saturated rings. The first-order valence-electron chi connectivity index (χ1n) is 7.00. The average Bonchev–Trinajstić information content (AvgIpc) is 2.48. The summed E-state index contributed by atoms with van der Waals surface area (Å²) in [6, 6.07) is 5.59. The van der Waals surface area contributed by atoms with Crippen LogP contribution in [0.5, 0.6) is 0 Å². The number of nitrogens with one attached hydrogen (secondary N) is 1.